The monoisotopic (exact) mass is 410 g/mol. The lowest BCUT2D eigenvalue weighted by molar-refractivity contribution is 0.0942. The Labute approximate surface area is 175 Å². The minimum Gasteiger partial charge on any atom is -0.369 e. The second-order valence-electron chi connectivity index (χ2n) is 7.19. The van der Waals surface area contributed by atoms with Gasteiger partial charge in [-0.05, 0) is 30.8 Å². The average Bonchev–Trinajstić information content (AvgIpc) is 3.23. The molecule has 1 N–H and O–H groups in total. The molecule has 0 saturated carbocycles. The Hall–Kier alpha value is -2.83. The van der Waals surface area contributed by atoms with E-state index in [0.29, 0.717) is 17.3 Å². The van der Waals surface area contributed by atoms with Crippen molar-refractivity contribution in [3.63, 3.8) is 0 Å². The lowest BCUT2D eigenvalue weighted by Gasteiger charge is -2.35. The number of benzene rings is 2. The predicted molar refractivity (Wildman–Crippen MR) is 114 cm³/mol. The number of para-hydroxylation sites is 1. The number of carbonyl (C=O) groups is 1. The third-order valence-electron chi connectivity index (χ3n) is 5.13. The van der Waals surface area contributed by atoms with Crippen LogP contribution in [0.3, 0.4) is 0 Å². The molecule has 7 heteroatoms. The van der Waals surface area contributed by atoms with E-state index in [1.807, 2.05) is 30.3 Å². The summed E-state index contributed by atoms with van der Waals surface area (Å²) in [7, 11) is 2.14. The number of halogens is 1. The summed E-state index contributed by atoms with van der Waals surface area (Å²) in [4.78, 5) is 17.3. The Morgan fingerprint density at radius 2 is 1.90 bits per heavy atom. The molecule has 0 radical (unpaired) electrons. The first-order chi connectivity index (χ1) is 14.1. The summed E-state index contributed by atoms with van der Waals surface area (Å²) in [5.41, 5.74) is 3.28. The highest BCUT2D eigenvalue weighted by Crippen LogP contribution is 2.24. The maximum Gasteiger partial charge on any atom is 0.273 e. The van der Waals surface area contributed by atoms with E-state index in [1.165, 1.54) is 5.69 Å². The van der Waals surface area contributed by atoms with Crippen LogP contribution >= 0.6 is 11.6 Å². The molecule has 1 aliphatic rings. The molecular formula is C22H23ClN4O2. The van der Waals surface area contributed by atoms with Gasteiger partial charge in [0, 0.05) is 55.1 Å². The highest BCUT2D eigenvalue weighted by Gasteiger charge is 2.18. The van der Waals surface area contributed by atoms with Crippen LogP contribution in [0, 0.1) is 0 Å². The van der Waals surface area contributed by atoms with Crippen LogP contribution in [0.4, 0.5) is 5.69 Å². The van der Waals surface area contributed by atoms with Gasteiger partial charge in [-0.3, -0.25) is 4.79 Å². The zero-order valence-corrected chi connectivity index (χ0v) is 17.0. The van der Waals surface area contributed by atoms with Crippen LogP contribution in [0.15, 0.2) is 59.1 Å². The van der Waals surface area contributed by atoms with Gasteiger partial charge in [-0.1, -0.05) is 47.1 Å². The SMILES string of the molecule is CN1CCN(c2ccccc2CNC(=O)c2cc(-c3cccc(Cl)c3)on2)CC1. The molecule has 6 nitrogen and oxygen atoms in total. The van der Waals surface area contributed by atoms with Crippen LogP contribution in [-0.2, 0) is 6.54 Å². The fraction of sp³-hybridized carbons (Fsp3) is 0.273. The van der Waals surface area contributed by atoms with Crippen LogP contribution < -0.4 is 10.2 Å². The molecular weight excluding hydrogens is 388 g/mol. The minimum atomic E-state index is -0.268. The van der Waals surface area contributed by atoms with Gasteiger partial charge in [-0.15, -0.1) is 0 Å². The van der Waals surface area contributed by atoms with Crippen LogP contribution in [0.2, 0.25) is 5.02 Å². The lowest BCUT2D eigenvalue weighted by Crippen LogP contribution is -2.45. The number of nitrogens with zero attached hydrogens (tertiary/aromatic N) is 3. The number of aromatic nitrogens is 1. The van der Waals surface area contributed by atoms with Crippen LogP contribution in [0.1, 0.15) is 16.1 Å². The van der Waals surface area contributed by atoms with E-state index >= 15 is 0 Å². The summed E-state index contributed by atoms with van der Waals surface area (Å²) in [6, 6.07) is 17.1. The van der Waals surface area contributed by atoms with E-state index in [-0.39, 0.29) is 11.6 Å². The molecule has 4 rings (SSSR count). The molecule has 0 spiro atoms. The second kappa shape index (κ2) is 8.68. The van der Waals surface area contributed by atoms with Crippen molar-refractivity contribution in [2.75, 3.05) is 38.1 Å². The van der Waals surface area contributed by atoms with E-state index in [9.17, 15) is 4.79 Å². The van der Waals surface area contributed by atoms with Gasteiger partial charge >= 0.3 is 0 Å². The van der Waals surface area contributed by atoms with Gasteiger partial charge in [0.1, 0.15) is 0 Å². The Bertz CT molecular complexity index is 996. The van der Waals surface area contributed by atoms with Crippen LogP contribution in [0.5, 0.6) is 0 Å². The number of rotatable bonds is 5. The summed E-state index contributed by atoms with van der Waals surface area (Å²) < 4.78 is 5.33. The number of carbonyl (C=O) groups excluding carboxylic acids is 1. The van der Waals surface area contributed by atoms with Crippen molar-refractivity contribution < 1.29 is 9.32 Å². The number of piperazine rings is 1. The smallest absolute Gasteiger partial charge is 0.273 e. The first-order valence-corrected chi connectivity index (χ1v) is 10.0. The van der Waals surface area contributed by atoms with Gasteiger partial charge in [0.2, 0.25) is 0 Å². The summed E-state index contributed by atoms with van der Waals surface area (Å²) in [6.45, 7) is 4.46. The molecule has 0 atom stereocenters. The Balaban J connectivity index is 1.43. The molecule has 1 saturated heterocycles. The van der Waals surface area contributed by atoms with Gasteiger partial charge in [0.25, 0.3) is 5.91 Å². The first kappa shape index (κ1) is 19.5. The topological polar surface area (TPSA) is 61.6 Å². The van der Waals surface area contributed by atoms with Crippen molar-refractivity contribution in [1.82, 2.24) is 15.4 Å². The van der Waals surface area contributed by atoms with Crippen molar-refractivity contribution in [1.29, 1.82) is 0 Å². The van der Waals surface area contributed by atoms with E-state index in [1.54, 1.807) is 18.2 Å². The first-order valence-electron chi connectivity index (χ1n) is 9.62. The Morgan fingerprint density at radius 1 is 1.10 bits per heavy atom. The van der Waals surface area contributed by atoms with Crippen molar-refractivity contribution in [2.24, 2.45) is 0 Å². The number of nitrogens with one attached hydrogen (secondary N) is 1. The number of hydrogen-bond acceptors (Lipinski definition) is 5. The third kappa shape index (κ3) is 4.60. The van der Waals surface area contributed by atoms with Gasteiger partial charge in [0.15, 0.2) is 11.5 Å². The molecule has 1 amide bonds. The van der Waals surface area contributed by atoms with Crippen molar-refractivity contribution >= 4 is 23.2 Å². The normalized spacial score (nSPS) is 14.8. The molecule has 0 bridgehead atoms. The highest BCUT2D eigenvalue weighted by atomic mass is 35.5. The molecule has 1 fully saturated rings. The van der Waals surface area contributed by atoms with Crippen molar-refractivity contribution in [3.05, 3.63) is 70.9 Å². The molecule has 0 unspecified atom stereocenters. The maximum atomic E-state index is 12.6. The Morgan fingerprint density at radius 3 is 2.69 bits per heavy atom. The summed E-state index contributed by atoms with van der Waals surface area (Å²) in [5.74, 6) is 0.241. The number of amides is 1. The van der Waals surface area contributed by atoms with E-state index < -0.39 is 0 Å². The predicted octanol–water partition coefficient (Wildman–Crippen LogP) is 3.68. The maximum absolute atomic E-state index is 12.6. The third-order valence-corrected chi connectivity index (χ3v) is 5.36. The second-order valence-corrected chi connectivity index (χ2v) is 7.62. The van der Waals surface area contributed by atoms with Crippen molar-refractivity contribution in [2.45, 2.75) is 6.54 Å². The van der Waals surface area contributed by atoms with Gasteiger partial charge < -0.3 is 19.6 Å². The van der Waals surface area contributed by atoms with E-state index in [4.69, 9.17) is 16.1 Å². The van der Waals surface area contributed by atoms with Gasteiger partial charge in [-0.25, -0.2) is 0 Å². The van der Waals surface area contributed by atoms with E-state index in [2.05, 4.69) is 33.4 Å². The minimum absolute atomic E-state index is 0.247. The number of hydrogen-bond donors (Lipinski definition) is 1. The van der Waals surface area contributed by atoms with Crippen LogP contribution in [-0.4, -0.2) is 49.2 Å². The summed E-state index contributed by atoms with van der Waals surface area (Å²) >= 11 is 6.02. The van der Waals surface area contributed by atoms with Gasteiger partial charge in [-0.2, -0.15) is 0 Å². The molecule has 2 heterocycles. The standard InChI is InChI=1S/C22H23ClN4O2/c1-26-9-11-27(12-10-26)20-8-3-2-5-17(20)15-24-22(28)19-14-21(29-25-19)16-6-4-7-18(23)13-16/h2-8,13-14H,9-12,15H2,1H3,(H,24,28). The average molecular weight is 411 g/mol. The molecule has 3 aromatic rings. The molecule has 2 aromatic carbocycles. The summed E-state index contributed by atoms with van der Waals surface area (Å²) in [6.07, 6.45) is 0. The number of anilines is 1. The molecule has 0 aliphatic carbocycles. The van der Waals surface area contributed by atoms with Gasteiger partial charge in [0.05, 0.1) is 0 Å². The zero-order chi connectivity index (χ0) is 20.2. The zero-order valence-electron chi connectivity index (χ0n) is 16.3. The highest BCUT2D eigenvalue weighted by molar-refractivity contribution is 6.30. The van der Waals surface area contributed by atoms with Crippen LogP contribution in [0.25, 0.3) is 11.3 Å². The molecule has 29 heavy (non-hydrogen) atoms. The lowest BCUT2D eigenvalue weighted by atomic mass is 10.1. The fourth-order valence-electron chi connectivity index (χ4n) is 3.44. The summed E-state index contributed by atoms with van der Waals surface area (Å²) in [5, 5.41) is 7.47. The molecule has 150 valence electrons. The fourth-order valence-corrected chi connectivity index (χ4v) is 3.63. The molecule has 1 aromatic heterocycles. The van der Waals surface area contributed by atoms with Crippen molar-refractivity contribution in [3.8, 4) is 11.3 Å². The Kier molecular flexibility index (Phi) is 5.83. The number of likely N-dealkylation sites (N-methyl/N-ethyl adjacent to an activating group) is 1. The van der Waals surface area contributed by atoms with E-state index in [0.717, 1.165) is 37.3 Å². The largest absolute Gasteiger partial charge is 0.369 e. The quantitative estimate of drug-likeness (QED) is 0.695. The molecule has 1 aliphatic heterocycles.